The summed E-state index contributed by atoms with van der Waals surface area (Å²) < 4.78 is 4.80. The minimum absolute atomic E-state index is 0.374. The van der Waals surface area contributed by atoms with E-state index in [4.69, 9.17) is 23.2 Å². The molecule has 0 atom stereocenters. The van der Waals surface area contributed by atoms with E-state index in [-0.39, 0.29) is 0 Å². The summed E-state index contributed by atoms with van der Waals surface area (Å²) in [4.78, 5) is 0. The molecule has 0 spiro atoms. The van der Waals surface area contributed by atoms with Gasteiger partial charge in [0, 0.05) is 10.5 Å². The van der Waals surface area contributed by atoms with Gasteiger partial charge in [0.25, 0.3) is 0 Å². The summed E-state index contributed by atoms with van der Waals surface area (Å²) in [5.74, 6) is 0. The Hall–Kier alpha value is 0.380. The maximum absolute atomic E-state index is 5.66. The van der Waals surface area contributed by atoms with Crippen LogP contribution < -0.4 is 4.67 Å². The smallest absolute Gasteiger partial charge is 0.167 e. The van der Waals surface area contributed by atoms with Gasteiger partial charge in [-0.2, -0.15) is 4.37 Å². The Morgan fingerprint density at radius 2 is 2.42 bits per heavy atom. The first kappa shape index (κ1) is 10.5. The van der Waals surface area contributed by atoms with Gasteiger partial charge in [-0.05, 0) is 16.6 Å². The highest BCUT2D eigenvalue weighted by Crippen LogP contribution is 2.06. The zero-order valence-electron chi connectivity index (χ0n) is 5.82. The number of hydrogen-bond donors (Lipinski definition) is 0. The minimum Gasteiger partial charge on any atom is -0.167 e. The van der Waals surface area contributed by atoms with Gasteiger partial charge in [0.15, 0.2) is 14.3 Å². The van der Waals surface area contributed by atoms with E-state index < -0.39 is 0 Å². The normalized spacial score (nSPS) is 13.9. The van der Waals surface area contributed by atoms with Crippen molar-refractivity contribution in [1.82, 2.24) is 4.37 Å². The van der Waals surface area contributed by atoms with Crippen molar-refractivity contribution in [3.8, 4) is 0 Å². The Labute approximate surface area is 90.7 Å². The molecule has 12 heavy (non-hydrogen) atoms. The molecule has 8 heteroatoms. The van der Waals surface area contributed by atoms with Crippen LogP contribution in [0.1, 0.15) is 0 Å². The van der Waals surface area contributed by atoms with Crippen LogP contribution in [0.5, 0.6) is 0 Å². The van der Waals surface area contributed by atoms with Gasteiger partial charge in [-0.15, -0.1) is 10.2 Å². The topological polar surface area (TPSA) is 37.6 Å². The molecule has 66 valence electrons. The Bertz CT molecular complexity index is 341. The lowest BCUT2D eigenvalue weighted by molar-refractivity contribution is 1.17. The molecule has 0 amide bonds. The molecule has 3 nitrogen and oxygen atoms in total. The van der Waals surface area contributed by atoms with Crippen LogP contribution in [-0.4, -0.2) is 15.1 Å². The van der Waals surface area contributed by atoms with Gasteiger partial charge in [-0.25, -0.2) is 0 Å². The van der Waals surface area contributed by atoms with Crippen molar-refractivity contribution >= 4 is 60.3 Å². The first-order chi connectivity index (χ1) is 5.74. The van der Waals surface area contributed by atoms with Crippen molar-refractivity contribution in [3.05, 3.63) is 9.82 Å². The first-order valence-corrected chi connectivity index (χ1v) is 6.75. The van der Waals surface area contributed by atoms with Crippen LogP contribution in [0, 0.1) is 0 Å². The van der Waals surface area contributed by atoms with Crippen LogP contribution >= 0.6 is 55.8 Å². The van der Waals surface area contributed by atoms with Gasteiger partial charge in [-0.3, -0.25) is 0 Å². The van der Waals surface area contributed by atoms with Crippen LogP contribution in [0.2, 0.25) is 5.15 Å². The fourth-order valence-corrected chi connectivity index (χ4v) is 2.41. The predicted molar refractivity (Wildman–Crippen MR) is 57.4 cm³/mol. The number of aromatic nitrogens is 1. The number of halogens is 2. The van der Waals surface area contributed by atoms with Gasteiger partial charge in [0.1, 0.15) is 0 Å². The van der Waals surface area contributed by atoms with Crippen LogP contribution in [-0.2, 0) is 0 Å². The lowest BCUT2D eigenvalue weighted by Gasteiger charge is -1.82. The van der Waals surface area contributed by atoms with Gasteiger partial charge >= 0.3 is 0 Å². The second kappa shape index (κ2) is 5.18. The Kier molecular flexibility index (Phi) is 4.52. The largest absolute Gasteiger partial charge is 0.188 e. The molecular weight excluding hydrogens is 257 g/mol. The molecule has 0 aliphatic carbocycles. The maximum Gasteiger partial charge on any atom is 0.188 e. The summed E-state index contributed by atoms with van der Waals surface area (Å²) in [6, 6.07) is 0. The SMILES string of the molecule is CS/C(Cl)=N/N=c1/ssnc1Cl. The quantitative estimate of drug-likeness (QED) is 0.337. The number of rotatable bonds is 1. The molecule has 0 fully saturated rings. The summed E-state index contributed by atoms with van der Waals surface area (Å²) in [5, 5.41) is 7.89. The van der Waals surface area contributed by atoms with E-state index in [0.29, 0.717) is 14.3 Å². The summed E-state index contributed by atoms with van der Waals surface area (Å²) >= 11 is 12.6. The second-order valence-corrected chi connectivity index (χ2v) is 5.07. The van der Waals surface area contributed by atoms with Crippen molar-refractivity contribution in [2.45, 2.75) is 0 Å². The van der Waals surface area contributed by atoms with E-state index in [9.17, 15) is 0 Å². The number of hydrogen-bond acceptors (Lipinski definition) is 6. The minimum atomic E-state index is 0.374. The number of nitrogens with zero attached hydrogens (tertiary/aromatic N) is 3. The molecule has 0 bridgehead atoms. The van der Waals surface area contributed by atoms with E-state index >= 15 is 0 Å². The molecular formula is C4H3Cl2N3S3. The van der Waals surface area contributed by atoms with Gasteiger partial charge < -0.3 is 0 Å². The first-order valence-electron chi connectivity index (χ1n) is 2.66. The molecule has 0 aromatic carbocycles. The summed E-state index contributed by atoms with van der Waals surface area (Å²) in [6.45, 7) is 0. The van der Waals surface area contributed by atoms with Crippen molar-refractivity contribution in [2.24, 2.45) is 10.2 Å². The third kappa shape index (κ3) is 3.02. The molecule has 1 rings (SSSR count). The molecule has 0 aliphatic heterocycles. The zero-order valence-corrected chi connectivity index (χ0v) is 9.78. The third-order valence-electron chi connectivity index (χ3n) is 0.798. The summed E-state index contributed by atoms with van der Waals surface area (Å²) in [7, 11) is 2.63. The standard InChI is InChI=1S/C4H3Cl2N3S3/c1-10-4(6)8-7-3-2(5)9-12-11-3/h1H3/b7-3+,8-4+. The molecule has 0 radical (unpaired) electrons. The average molecular weight is 260 g/mol. The van der Waals surface area contributed by atoms with E-state index in [2.05, 4.69) is 14.6 Å². The molecule has 0 aliphatic rings. The monoisotopic (exact) mass is 259 g/mol. The highest BCUT2D eigenvalue weighted by Gasteiger charge is 1.95. The average Bonchev–Trinajstić information content (AvgIpc) is 2.47. The van der Waals surface area contributed by atoms with E-state index in [0.717, 1.165) is 0 Å². The Morgan fingerprint density at radius 3 is 2.92 bits per heavy atom. The molecule has 1 heterocycles. The van der Waals surface area contributed by atoms with Gasteiger partial charge in [0.05, 0.1) is 0 Å². The highest BCUT2D eigenvalue weighted by molar-refractivity contribution is 8.16. The maximum atomic E-state index is 5.66. The van der Waals surface area contributed by atoms with Crippen LogP contribution in [0.25, 0.3) is 0 Å². The van der Waals surface area contributed by atoms with E-state index in [1.54, 1.807) is 0 Å². The molecule has 1 aromatic heterocycles. The van der Waals surface area contributed by atoms with Gasteiger partial charge in [-0.1, -0.05) is 35.0 Å². The van der Waals surface area contributed by atoms with Crippen LogP contribution in [0.3, 0.4) is 0 Å². The van der Waals surface area contributed by atoms with Crippen molar-refractivity contribution < 1.29 is 0 Å². The highest BCUT2D eigenvalue weighted by atomic mass is 35.5. The van der Waals surface area contributed by atoms with Crippen LogP contribution in [0.4, 0.5) is 0 Å². The molecule has 0 N–H and O–H groups in total. The van der Waals surface area contributed by atoms with Crippen molar-refractivity contribution in [1.29, 1.82) is 0 Å². The third-order valence-corrected chi connectivity index (χ3v) is 3.92. The number of thioether (sulfide) groups is 1. The molecule has 0 saturated carbocycles. The summed E-state index contributed by atoms with van der Waals surface area (Å²) in [5.41, 5.74) is 0. The Morgan fingerprint density at radius 1 is 1.67 bits per heavy atom. The van der Waals surface area contributed by atoms with Crippen molar-refractivity contribution in [3.63, 3.8) is 0 Å². The van der Waals surface area contributed by atoms with Gasteiger partial charge in [0.2, 0.25) is 0 Å². The fourth-order valence-electron chi connectivity index (χ4n) is 0.344. The molecule has 0 saturated heterocycles. The summed E-state index contributed by atoms with van der Waals surface area (Å²) in [6.07, 6.45) is 1.82. The second-order valence-electron chi connectivity index (χ2n) is 1.50. The van der Waals surface area contributed by atoms with Crippen molar-refractivity contribution in [2.75, 3.05) is 6.26 Å². The predicted octanol–water partition coefficient (Wildman–Crippen LogP) is 2.63. The van der Waals surface area contributed by atoms with E-state index in [1.165, 1.54) is 32.6 Å². The molecule has 1 aromatic rings. The lowest BCUT2D eigenvalue weighted by Crippen LogP contribution is -1.92. The Balaban J connectivity index is 2.91. The van der Waals surface area contributed by atoms with Crippen LogP contribution in [0.15, 0.2) is 10.2 Å². The fraction of sp³-hybridized carbons (Fsp3) is 0.250. The van der Waals surface area contributed by atoms with E-state index in [1.807, 2.05) is 6.26 Å². The lowest BCUT2D eigenvalue weighted by atomic mass is 11.0. The zero-order chi connectivity index (χ0) is 8.97. The molecule has 0 unspecified atom stereocenters.